The fraction of sp³-hybridized carbons (Fsp3) is 0.211. The Morgan fingerprint density at radius 3 is 2.70 bits per heavy atom. The summed E-state index contributed by atoms with van der Waals surface area (Å²) in [5.74, 6) is 0.945. The number of aromatic nitrogens is 8. The highest BCUT2D eigenvalue weighted by atomic mass is 16.5. The highest BCUT2D eigenvalue weighted by Gasteiger charge is 2.12. The number of aryl methyl sites for hydroxylation is 1. The second kappa shape index (κ2) is 8.36. The van der Waals surface area contributed by atoms with Crippen LogP contribution < -0.4 is 10.1 Å². The van der Waals surface area contributed by atoms with E-state index in [1.165, 1.54) is 6.33 Å². The molecular weight excluding hydrogens is 384 g/mol. The number of benzene rings is 1. The zero-order valence-electron chi connectivity index (χ0n) is 16.3. The average Bonchev–Trinajstić information content (AvgIpc) is 3.40. The van der Waals surface area contributed by atoms with E-state index >= 15 is 0 Å². The van der Waals surface area contributed by atoms with Crippen molar-refractivity contribution in [1.29, 1.82) is 5.26 Å². The van der Waals surface area contributed by atoms with Crippen molar-refractivity contribution in [2.45, 2.75) is 19.6 Å². The van der Waals surface area contributed by atoms with Crippen LogP contribution in [0.5, 0.6) is 5.75 Å². The summed E-state index contributed by atoms with van der Waals surface area (Å²) in [7, 11) is 1.84. The molecule has 3 aromatic heterocycles. The SMILES string of the molecule is CC(Cn1cnnn1)Oc1cc(-c2cnc(Nc3cnn(C)c3)nc2)ccc1C#N. The first-order chi connectivity index (χ1) is 14.6. The van der Waals surface area contributed by atoms with Crippen LogP contribution in [-0.4, -0.2) is 46.1 Å². The van der Waals surface area contributed by atoms with Crippen LogP contribution in [0.15, 0.2) is 49.3 Å². The van der Waals surface area contributed by atoms with Gasteiger partial charge in [-0.1, -0.05) is 6.07 Å². The van der Waals surface area contributed by atoms with Gasteiger partial charge in [-0.05, 0) is 35.0 Å². The summed E-state index contributed by atoms with van der Waals surface area (Å²) in [6.07, 6.45) is 8.22. The highest BCUT2D eigenvalue weighted by molar-refractivity contribution is 5.66. The minimum atomic E-state index is -0.238. The van der Waals surface area contributed by atoms with E-state index in [-0.39, 0.29) is 6.10 Å². The third-order valence-corrected chi connectivity index (χ3v) is 4.21. The average molecular weight is 402 g/mol. The zero-order chi connectivity index (χ0) is 20.9. The van der Waals surface area contributed by atoms with Gasteiger partial charge in [0.15, 0.2) is 0 Å². The lowest BCUT2D eigenvalue weighted by Gasteiger charge is -2.16. The molecule has 0 spiro atoms. The summed E-state index contributed by atoms with van der Waals surface area (Å²) in [5, 5.41) is 27.6. The Balaban J connectivity index is 1.51. The quantitative estimate of drug-likeness (QED) is 0.492. The number of hydrogen-bond donors (Lipinski definition) is 1. The molecule has 1 aromatic carbocycles. The highest BCUT2D eigenvalue weighted by Crippen LogP contribution is 2.28. The van der Waals surface area contributed by atoms with Crippen LogP contribution in [0.25, 0.3) is 11.1 Å². The maximum absolute atomic E-state index is 9.42. The summed E-state index contributed by atoms with van der Waals surface area (Å²) in [4.78, 5) is 8.70. The molecule has 150 valence electrons. The van der Waals surface area contributed by atoms with E-state index in [1.807, 2.05) is 32.3 Å². The van der Waals surface area contributed by atoms with Crippen molar-refractivity contribution in [3.8, 4) is 22.9 Å². The van der Waals surface area contributed by atoms with Crippen LogP contribution in [0, 0.1) is 11.3 Å². The van der Waals surface area contributed by atoms with Crippen LogP contribution in [0.1, 0.15) is 12.5 Å². The molecule has 1 unspecified atom stereocenters. The van der Waals surface area contributed by atoms with Crippen molar-refractivity contribution in [1.82, 2.24) is 40.0 Å². The molecule has 0 aliphatic heterocycles. The molecule has 4 rings (SSSR count). The Bertz CT molecular complexity index is 1160. The van der Waals surface area contributed by atoms with E-state index in [0.717, 1.165) is 16.8 Å². The van der Waals surface area contributed by atoms with Gasteiger partial charge in [0.05, 0.1) is 24.0 Å². The van der Waals surface area contributed by atoms with Crippen LogP contribution in [-0.2, 0) is 13.6 Å². The molecule has 0 radical (unpaired) electrons. The van der Waals surface area contributed by atoms with Gasteiger partial charge >= 0.3 is 0 Å². The topological polar surface area (TPSA) is 132 Å². The maximum atomic E-state index is 9.42. The second-order valence-corrected chi connectivity index (χ2v) is 6.61. The van der Waals surface area contributed by atoms with E-state index in [4.69, 9.17) is 4.74 Å². The largest absolute Gasteiger partial charge is 0.487 e. The lowest BCUT2D eigenvalue weighted by Crippen LogP contribution is -2.20. The third-order valence-electron chi connectivity index (χ3n) is 4.21. The van der Waals surface area contributed by atoms with E-state index in [0.29, 0.717) is 23.8 Å². The minimum absolute atomic E-state index is 0.238. The van der Waals surface area contributed by atoms with E-state index < -0.39 is 0 Å². The van der Waals surface area contributed by atoms with Crippen molar-refractivity contribution in [2.75, 3.05) is 5.32 Å². The van der Waals surface area contributed by atoms with E-state index in [9.17, 15) is 5.26 Å². The Hall–Kier alpha value is -4.33. The lowest BCUT2D eigenvalue weighted by atomic mass is 10.1. The van der Waals surface area contributed by atoms with Gasteiger partial charge in [0.1, 0.15) is 24.3 Å². The first-order valence-corrected chi connectivity index (χ1v) is 9.10. The summed E-state index contributed by atoms with van der Waals surface area (Å²) in [6.45, 7) is 2.34. The number of anilines is 2. The molecule has 0 fully saturated rings. The number of hydrogen-bond acceptors (Lipinski definition) is 9. The van der Waals surface area contributed by atoms with Gasteiger partial charge in [-0.3, -0.25) is 4.68 Å². The summed E-state index contributed by atoms with van der Waals surface area (Å²) in [5.41, 5.74) is 2.88. The monoisotopic (exact) mass is 402 g/mol. The molecule has 0 bridgehead atoms. The molecular formula is C19H18N10O. The molecule has 11 nitrogen and oxygen atoms in total. The van der Waals surface area contributed by atoms with Crippen LogP contribution in [0.3, 0.4) is 0 Å². The normalized spacial score (nSPS) is 11.6. The lowest BCUT2D eigenvalue weighted by molar-refractivity contribution is 0.192. The predicted octanol–water partition coefficient (Wildman–Crippen LogP) is 1.95. The smallest absolute Gasteiger partial charge is 0.227 e. The second-order valence-electron chi connectivity index (χ2n) is 6.61. The van der Waals surface area contributed by atoms with Gasteiger partial charge in [0.25, 0.3) is 0 Å². The molecule has 0 saturated carbocycles. The standard InChI is InChI=1S/C19H18N10O/c1-13(10-29-12-23-26-27-29)30-18-5-14(3-4-15(18)6-20)16-7-21-19(22-8-16)25-17-9-24-28(2)11-17/h3-5,7-9,11-13H,10H2,1-2H3,(H,21,22,25). The number of tetrazole rings is 1. The summed E-state index contributed by atoms with van der Waals surface area (Å²) >= 11 is 0. The molecule has 4 aromatic rings. The molecule has 0 aliphatic carbocycles. The Labute approximate surface area is 172 Å². The van der Waals surface area contributed by atoms with E-state index in [2.05, 4.69) is 42.0 Å². The van der Waals surface area contributed by atoms with Gasteiger partial charge in [0.2, 0.25) is 5.95 Å². The Morgan fingerprint density at radius 2 is 2.03 bits per heavy atom. The molecule has 0 saturated heterocycles. The van der Waals surface area contributed by atoms with Crippen molar-refractivity contribution in [3.05, 3.63) is 54.9 Å². The summed E-state index contributed by atoms with van der Waals surface area (Å²) < 4.78 is 9.24. The van der Waals surface area contributed by atoms with Gasteiger partial charge in [0, 0.05) is 31.2 Å². The van der Waals surface area contributed by atoms with Crippen molar-refractivity contribution in [3.63, 3.8) is 0 Å². The molecule has 0 amide bonds. The first kappa shape index (κ1) is 19.0. The van der Waals surface area contributed by atoms with Gasteiger partial charge in [-0.2, -0.15) is 10.4 Å². The Kier molecular flexibility index (Phi) is 5.29. The molecule has 3 heterocycles. The van der Waals surface area contributed by atoms with E-state index in [1.54, 1.807) is 34.0 Å². The maximum Gasteiger partial charge on any atom is 0.227 e. The molecule has 30 heavy (non-hydrogen) atoms. The number of rotatable bonds is 7. The fourth-order valence-corrected chi connectivity index (χ4v) is 2.83. The predicted molar refractivity (Wildman–Crippen MR) is 107 cm³/mol. The third kappa shape index (κ3) is 4.39. The minimum Gasteiger partial charge on any atom is -0.487 e. The van der Waals surface area contributed by atoms with Gasteiger partial charge < -0.3 is 10.1 Å². The number of nitriles is 1. The fourth-order valence-electron chi connectivity index (χ4n) is 2.83. The van der Waals surface area contributed by atoms with Crippen molar-refractivity contribution in [2.24, 2.45) is 7.05 Å². The van der Waals surface area contributed by atoms with Gasteiger partial charge in [-0.15, -0.1) is 5.10 Å². The van der Waals surface area contributed by atoms with Gasteiger partial charge in [-0.25, -0.2) is 14.6 Å². The molecule has 11 heteroatoms. The van der Waals surface area contributed by atoms with Crippen LogP contribution in [0.2, 0.25) is 0 Å². The molecule has 1 atom stereocenters. The van der Waals surface area contributed by atoms with Crippen LogP contribution >= 0.6 is 0 Å². The first-order valence-electron chi connectivity index (χ1n) is 9.10. The molecule has 1 N–H and O–H groups in total. The number of ether oxygens (including phenoxy) is 1. The van der Waals surface area contributed by atoms with Crippen molar-refractivity contribution < 1.29 is 4.74 Å². The van der Waals surface area contributed by atoms with Crippen molar-refractivity contribution >= 4 is 11.6 Å². The van der Waals surface area contributed by atoms with Crippen LogP contribution in [0.4, 0.5) is 11.6 Å². The number of nitrogens with zero attached hydrogens (tertiary/aromatic N) is 9. The summed E-state index contributed by atoms with van der Waals surface area (Å²) in [6, 6.07) is 7.52. The molecule has 0 aliphatic rings. The number of nitrogens with one attached hydrogen (secondary N) is 1. The Morgan fingerprint density at radius 1 is 1.20 bits per heavy atom. The zero-order valence-corrected chi connectivity index (χ0v) is 16.3.